The van der Waals surface area contributed by atoms with Crippen molar-refractivity contribution in [3.05, 3.63) is 35.1 Å². The molecular formula is C18H26N2O2. The van der Waals surface area contributed by atoms with Gasteiger partial charge >= 0.3 is 0 Å². The number of amides is 1. The van der Waals surface area contributed by atoms with E-state index >= 15 is 0 Å². The van der Waals surface area contributed by atoms with E-state index in [1.54, 1.807) is 6.26 Å². The lowest BCUT2D eigenvalue weighted by Crippen LogP contribution is -2.55. The topological polar surface area (TPSA) is 68.3 Å². The summed E-state index contributed by atoms with van der Waals surface area (Å²) in [5.41, 5.74) is 9.57. The fraction of sp³-hybridized carbons (Fsp3) is 0.500. The lowest BCUT2D eigenvalue weighted by molar-refractivity contribution is -0.122. The van der Waals surface area contributed by atoms with Crippen molar-refractivity contribution in [3.63, 3.8) is 0 Å². The van der Waals surface area contributed by atoms with Crippen molar-refractivity contribution < 1.29 is 9.21 Å². The van der Waals surface area contributed by atoms with E-state index in [4.69, 9.17) is 10.2 Å². The van der Waals surface area contributed by atoms with Gasteiger partial charge in [0.05, 0.1) is 18.2 Å². The Morgan fingerprint density at radius 1 is 1.32 bits per heavy atom. The van der Waals surface area contributed by atoms with E-state index in [1.807, 2.05) is 13.0 Å². The lowest BCUT2D eigenvalue weighted by Gasteiger charge is -2.33. The third-order valence-corrected chi connectivity index (χ3v) is 4.74. The summed E-state index contributed by atoms with van der Waals surface area (Å²) in [4.78, 5) is 12.4. The quantitative estimate of drug-likeness (QED) is 0.892. The van der Waals surface area contributed by atoms with E-state index in [0.29, 0.717) is 13.0 Å². The Kier molecular flexibility index (Phi) is 4.61. The van der Waals surface area contributed by atoms with E-state index in [0.717, 1.165) is 16.5 Å². The Bertz CT molecular complexity index is 688. The molecule has 4 nitrogen and oxygen atoms in total. The van der Waals surface area contributed by atoms with Crippen molar-refractivity contribution in [3.8, 4) is 0 Å². The number of carbonyl (C=O) groups excluding carboxylic acids is 1. The molecule has 2 rings (SSSR count). The van der Waals surface area contributed by atoms with Gasteiger partial charge in [0.2, 0.25) is 5.91 Å². The summed E-state index contributed by atoms with van der Waals surface area (Å²) in [5.74, 6) is 0.245. The maximum atomic E-state index is 12.4. The first kappa shape index (κ1) is 16.6. The molecule has 1 aromatic heterocycles. The molecule has 0 spiro atoms. The zero-order valence-corrected chi connectivity index (χ0v) is 14.1. The van der Waals surface area contributed by atoms with Crippen LogP contribution >= 0.6 is 0 Å². The minimum absolute atomic E-state index is 0.0254. The Morgan fingerprint density at radius 2 is 1.95 bits per heavy atom. The molecule has 3 N–H and O–H groups in total. The number of hydrogen-bond donors (Lipinski definition) is 2. The monoisotopic (exact) mass is 302 g/mol. The molecule has 0 saturated carbocycles. The Balaban J connectivity index is 2.21. The highest BCUT2D eigenvalue weighted by molar-refractivity contribution is 5.88. The normalized spacial score (nSPS) is 14.3. The fourth-order valence-electron chi connectivity index (χ4n) is 2.44. The van der Waals surface area contributed by atoms with E-state index in [9.17, 15) is 4.79 Å². The van der Waals surface area contributed by atoms with Gasteiger partial charge < -0.3 is 15.5 Å². The van der Waals surface area contributed by atoms with Crippen molar-refractivity contribution in [1.82, 2.24) is 5.32 Å². The maximum Gasteiger partial charge on any atom is 0.225 e. The van der Waals surface area contributed by atoms with Gasteiger partial charge in [-0.1, -0.05) is 13.8 Å². The van der Waals surface area contributed by atoms with Gasteiger partial charge in [0.25, 0.3) is 0 Å². The molecule has 0 radical (unpaired) electrons. The van der Waals surface area contributed by atoms with Crippen LogP contribution in [0.1, 0.15) is 37.5 Å². The van der Waals surface area contributed by atoms with Crippen LogP contribution in [0.3, 0.4) is 0 Å². The summed E-state index contributed by atoms with van der Waals surface area (Å²) in [7, 11) is 0. The number of hydrogen-bond acceptors (Lipinski definition) is 3. The third kappa shape index (κ3) is 3.17. The van der Waals surface area contributed by atoms with E-state index < -0.39 is 0 Å². The van der Waals surface area contributed by atoms with Crippen LogP contribution in [-0.4, -0.2) is 18.0 Å². The number of aryl methyl sites for hydroxylation is 2. The second kappa shape index (κ2) is 6.13. The lowest BCUT2D eigenvalue weighted by atomic mass is 9.88. The molecule has 0 aliphatic heterocycles. The van der Waals surface area contributed by atoms with Crippen LogP contribution in [0.4, 0.5) is 0 Å². The van der Waals surface area contributed by atoms with Crippen molar-refractivity contribution in [1.29, 1.82) is 0 Å². The summed E-state index contributed by atoms with van der Waals surface area (Å²) < 4.78 is 5.58. The molecular weight excluding hydrogens is 276 g/mol. The molecule has 4 heteroatoms. The van der Waals surface area contributed by atoms with Crippen molar-refractivity contribution in [2.24, 2.45) is 11.7 Å². The molecule has 0 aliphatic carbocycles. The molecule has 0 bridgehead atoms. The highest BCUT2D eigenvalue weighted by Crippen LogP contribution is 2.25. The van der Waals surface area contributed by atoms with Crippen molar-refractivity contribution in [2.75, 3.05) is 6.54 Å². The van der Waals surface area contributed by atoms with Gasteiger partial charge in [-0.25, -0.2) is 0 Å². The largest absolute Gasteiger partial charge is 0.464 e. The number of nitrogens with two attached hydrogens (primary N) is 1. The van der Waals surface area contributed by atoms with Crippen LogP contribution < -0.4 is 11.1 Å². The molecule has 1 amide bonds. The third-order valence-electron chi connectivity index (χ3n) is 4.74. The average Bonchev–Trinajstić information content (AvgIpc) is 2.81. The number of furan rings is 1. The number of rotatable bonds is 5. The standard InChI is InChI=1S/C18H26N2O2/c1-11(2)18(5,10-19)20-17(21)8-14-9-22-16-7-13(4)12(3)6-15(14)16/h6-7,9,11H,8,10,19H2,1-5H3,(H,20,21). The number of nitrogens with one attached hydrogen (secondary N) is 1. The van der Waals surface area contributed by atoms with E-state index in [-0.39, 0.29) is 17.4 Å². The van der Waals surface area contributed by atoms with Crippen LogP contribution in [0.2, 0.25) is 0 Å². The Hall–Kier alpha value is -1.81. The zero-order valence-electron chi connectivity index (χ0n) is 14.1. The molecule has 1 atom stereocenters. The number of carbonyl (C=O) groups is 1. The van der Waals surface area contributed by atoms with Crippen LogP contribution in [0, 0.1) is 19.8 Å². The first-order chi connectivity index (χ1) is 10.3. The predicted octanol–water partition coefficient (Wildman–Crippen LogP) is 3.08. The molecule has 0 saturated heterocycles. The van der Waals surface area contributed by atoms with Crippen LogP contribution in [-0.2, 0) is 11.2 Å². The second-order valence-corrected chi connectivity index (χ2v) is 6.69. The van der Waals surface area contributed by atoms with Gasteiger partial charge in [0.1, 0.15) is 5.58 Å². The zero-order chi connectivity index (χ0) is 16.5. The summed E-state index contributed by atoms with van der Waals surface area (Å²) in [5, 5.41) is 4.08. The first-order valence-corrected chi connectivity index (χ1v) is 7.75. The van der Waals surface area contributed by atoms with Gasteiger partial charge in [-0.3, -0.25) is 4.79 Å². The highest BCUT2D eigenvalue weighted by Gasteiger charge is 2.28. The van der Waals surface area contributed by atoms with Gasteiger partial charge in [0, 0.05) is 17.5 Å². The van der Waals surface area contributed by atoms with Gasteiger partial charge in [-0.2, -0.15) is 0 Å². The second-order valence-electron chi connectivity index (χ2n) is 6.69. The molecule has 2 aromatic rings. The minimum atomic E-state index is -0.386. The van der Waals surface area contributed by atoms with E-state index in [2.05, 4.69) is 39.1 Å². The van der Waals surface area contributed by atoms with Gasteiger partial charge in [0.15, 0.2) is 0 Å². The molecule has 0 fully saturated rings. The molecule has 1 aromatic carbocycles. The van der Waals surface area contributed by atoms with Crippen molar-refractivity contribution in [2.45, 2.75) is 46.6 Å². The summed E-state index contributed by atoms with van der Waals surface area (Å²) >= 11 is 0. The van der Waals surface area contributed by atoms with E-state index in [1.165, 1.54) is 11.1 Å². The Labute approximate surface area is 132 Å². The summed E-state index contributed by atoms with van der Waals surface area (Å²) in [6, 6.07) is 4.10. The van der Waals surface area contributed by atoms with Crippen molar-refractivity contribution >= 4 is 16.9 Å². The van der Waals surface area contributed by atoms with Gasteiger partial charge in [-0.05, 0) is 49.9 Å². The Morgan fingerprint density at radius 3 is 2.55 bits per heavy atom. The average molecular weight is 302 g/mol. The van der Waals surface area contributed by atoms with Crippen LogP contribution in [0.5, 0.6) is 0 Å². The van der Waals surface area contributed by atoms with Gasteiger partial charge in [-0.15, -0.1) is 0 Å². The fourth-order valence-corrected chi connectivity index (χ4v) is 2.44. The molecule has 1 unspecified atom stereocenters. The summed E-state index contributed by atoms with van der Waals surface area (Å²) in [6.45, 7) is 10.6. The number of benzene rings is 1. The number of fused-ring (bicyclic) bond motifs is 1. The molecule has 1 heterocycles. The smallest absolute Gasteiger partial charge is 0.225 e. The molecule has 120 valence electrons. The SMILES string of the molecule is Cc1cc2occ(CC(=O)NC(C)(CN)C(C)C)c2cc1C. The van der Waals surface area contributed by atoms with Crippen LogP contribution in [0.25, 0.3) is 11.0 Å². The minimum Gasteiger partial charge on any atom is -0.464 e. The summed E-state index contributed by atoms with van der Waals surface area (Å²) in [6.07, 6.45) is 1.98. The molecule has 22 heavy (non-hydrogen) atoms. The maximum absolute atomic E-state index is 12.4. The first-order valence-electron chi connectivity index (χ1n) is 7.75. The highest BCUT2D eigenvalue weighted by atomic mass is 16.3. The predicted molar refractivity (Wildman–Crippen MR) is 89.8 cm³/mol. The van der Waals surface area contributed by atoms with Crippen LogP contribution in [0.15, 0.2) is 22.8 Å². The molecule has 0 aliphatic rings.